The van der Waals surface area contributed by atoms with Crippen molar-refractivity contribution >= 4 is 40.6 Å². The molecule has 1 fully saturated rings. The number of fused-ring (bicyclic) bond motifs is 2. The molecule has 4 aromatic rings. The van der Waals surface area contributed by atoms with Gasteiger partial charge in [-0.15, -0.1) is 0 Å². The number of anilines is 2. The Morgan fingerprint density at radius 3 is 2.79 bits per heavy atom. The zero-order valence-electron chi connectivity index (χ0n) is 18.1. The van der Waals surface area contributed by atoms with Crippen LogP contribution < -0.4 is 16.4 Å². The van der Waals surface area contributed by atoms with E-state index in [2.05, 4.69) is 29.6 Å². The highest BCUT2D eigenvalue weighted by Crippen LogP contribution is 2.48. The minimum Gasteiger partial charge on any atom is -0.381 e. The molecule has 0 aromatic carbocycles. The van der Waals surface area contributed by atoms with Crippen LogP contribution in [0.3, 0.4) is 0 Å². The molecule has 11 heteroatoms. The fourth-order valence-electron chi connectivity index (χ4n) is 5.02. The van der Waals surface area contributed by atoms with E-state index in [0.29, 0.717) is 15.9 Å². The number of piperidine rings is 1. The number of imidazole rings is 1. The number of aryl methyl sites for hydroxylation is 1. The van der Waals surface area contributed by atoms with E-state index in [1.165, 1.54) is 11.8 Å². The molecule has 6 heterocycles. The molecule has 0 saturated carbocycles. The van der Waals surface area contributed by atoms with Crippen LogP contribution in [0.1, 0.15) is 30.3 Å². The lowest BCUT2D eigenvalue weighted by Crippen LogP contribution is -2.45. The number of hydrogen-bond acceptors (Lipinski definition) is 8. The van der Waals surface area contributed by atoms with Gasteiger partial charge >= 0.3 is 0 Å². The monoisotopic (exact) mass is 481 g/mol. The first-order valence-corrected chi connectivity index (χ1v) is 12.1. The predicted octanol–water partition coefficient (Wildman–Crippen LogP) is 3.32. The summed E-state index contributed by atoms with van der Waals surface area (Å²) in [7, 11) is 0. The average molecular weight is 482 g/mol. The molecule has 0 amide bonds. The number of aromatic nitrogens is 6. The van der Waals surface area contributed by atoms with Gasteiger partial charge in [0.1, 0.15) is 10.8 Å². The lowest BCUT2D eigenvalue weighted by atomic mass is 9.73. The molecule has 6 rings (SSSR count). The predicted molar refractivity (Wildman–Crippen MR) is 129 cm³/mol. The molecule has 4 aromatic heterocycles. The third kappa shape index (κ3) is 3.35. The van der Waals surface area contributed by atoms with Crippen LogP contribution in [-0.2, 0) is 6.54 Å². The van der Waals surface area contributed by atoms with Gasteiger partial charge in [-0.25, -0.2) is 15.0 Å². The number of halogens is 1. The zero-order chi connectivity index (χ0) is 22.7. The topological polar surface area (TPSA) is 116 Å². The Bertz CT molecular complexity index is 1360. The lowest BCUT2D eigenvalue weighted by molar-refractivity contribution is 0.170. The van der Waals surface area contributed by atoms with Gasteiger partial charge in [0.2, 0.25) is 0 Å². The minimum atomic E-state index is 0.0260. The second-order valence-electron chi connectivity index (χ2n) is 8.87. The molecule has 0 radical (unpaired) electrons. The largest absolute Gasteiger partial charge is 0.381 e. The number of nitrogens with two attached hydrogens (primary N) is 2. The summed E-state index contributed by atoms with van der Waals surface area (Å²) in [5, 5.41) is 5.63. The van der Waals surface area contributed by atoms with Crippen molar-refractivity contribution in [1.29, 1.82) is 0 Å². The van der Waals surface area contributed by atoms with E-state index < -0.39 is 0 Å². The average Bonchev–Trinajstić information content (AvgIpc) is 3.48. The van der Waals surface area contributed by atoms with E-state index >= 15 is 0 Å². The van der Waals surface area contributed by atoms with E-state index in [-0.39, 0.29) is 11.5 Å². The number of pyridine rings is 1. The van der Waals surface area contributed by atoms with Crippen molar-refractivity contribution in [2.75, 3.05) is 23.7 Å². The Kier molecular flexibility index (Phi) is 4.79. The molecular formula is C22H24ClN9S. The van der Waals surface area contributed by atoms with Gasteiger partial charge in [-0.2, -0.15) is 5.10 Å². The van der Waals surface area contributed by atoms with Crippen molar-refractivity contribution < 1.29 is 0 Å². The first-order valence-electron chi connectivity index (χ1n) is 10.9. The van der Waals surface area contributed by atoms with Crippen molar-refractivity contribution in [2.24, 2.45) is 11.1 Å². The normalized spacial score (nSPS) is 19.5. The maximum Gasteiger partial charge on any atom is 0.158 e. The Hall–Kier alpha value is -2.82. The summed E-state index contributed by atoms with van der Waals surface area (Å²) in [6, 6.07) is 4.00. The molecule has 170 valence electrons. The molecule has 0 bridgehead atoms. The van der Waals surface area contributed by atoms with Gasteiger partial charge in [0.15, 0.2) is 11.5 Å². The summed E-state index contributed by atoms with van der Waals surface area (Å²) in [5.41, 5.74) is 15.7. The molecule has 2 aliphatic rings. The maximum atomic E-state index is 6.60. The second kappa shape index (κ2) is 7.61. The Morgan fingerprint density at radius 2 is 2.03 bits per heavy atom. The standard InChI is InChI=1S/C22H24ClN9S/c1-13-11-31-7-3-15(17(23)20(31)28-13)33-21-19(25)29-16(10-26-21)30-8-4-22(5-9-30)12-32-14(18(22)24)2-6-27-32/h2-3,6-7,10-11,18H,4-5,8-9,12,24H2,1H3,(H2,25,29)/t18-/m1/s1. The van der Waals surface area contributed by atoms with Gasteiger partial charge in [0.25, 0.3) is 0 Å². The molecule has 1 saturated heterocycles. The number of rotatable bonds is 3. The van der Waals surface area contributed by atoms with Gasteiger partial charge in [0, 0.05) is 48.5 Å². The van der Waals surface area contributed by atoms with Gasteiger partial charge < -0.3 is 20.8 Å². The summed E-state index contributed by atoms with van der Waals surface area (Å²) in [5.74, 6) is 1.19. The van der Waals surface area contributed by atoms with Crippen molar-refractivity contribution in [1.82, 2.24) is 29.1 Å². The summed E-state index contributed by atoms with van der Waals surface area (Å²) >= 11 is 7.99. The number of hydrogen-bond donors (Lipinski definition) is 2. The van der Waals surface area contributed by atoms with Crippen LogP contribution in [0.5, 0.6) is 0 Å². The van der Waals surface area contributed by atoms with E-state index in [4.69, 9.17) is 23.1 Å². The quantitative estimate of drug-likeness (QED) is 0.457. The molecule has 2 aliphatic heterocycles. The molecule has 1 spiro atoms. The van der Waals surface area contributed by atoms with E-state index in [0.717, 1.165) is 60.2 Å². The lowest BCUT2D eigenvalue weighted by Gasteiger charge is -2.41. The van der Waals surface area contributed by atoms with E-state index in [9.17, 15) is 0 Å². The fraction of sp³-hybridized carbons (Fsp3) is 0.364. The number of nitrogen functional groups attached to an aromatic ring is 1. The van der Waals surface area contributed by atoms with Crippen molar-refractivity contribution in [3.63, 3.8) is 0 Å². The molecule has 4 N–H and O–H groups in total. The highest BCUT2D eigenvalue weighted by atomic mass is 35.5. The smallest absolute Gasteiger partial charge is 0.158 e. The molecule has 0 unspecified atom stereocenters. The van der Waals surface area contributed by atoms with Crippen molar-refractivity contribution in [3.05, 3.63) is 53.3 Å². The van der Waals surface area contributed by atoms with Crippen molar-refractivity contribution in [2.45, 2.75) is 42.3 Å². The van der Waals surface area contributed by atoms with Crippen LogP contribution >= 0.6 is 23.4 Å². The summed E-state index contributed by atoms with van der Waals surface area (Å²) < 4.78 is 3.96. The third-order valence-electron chi connectivity index (χ3n) is 6.89. The van der Waals surface area contributed by atoms with Crippen LogP contribution in [0.25, 0.3) is 5.65 Å². The Balaban J connectivity index is 1.18. The Labute approximate surface area is 200 Å². The summed E-state index contributed by atoms with van der Waals surface area (Å²) in [4.78, 5) is 16.8. The summed E-state index contributed by atoms with van der Waals surface area (Å²) in [6.45, 7) is 4.55. The Morgan fingerprint density at radius 1 is 1.21 bits per heavy atom. The SMILES string of the molecule is Cc1cn2ccc(Sc3ncc(N4CCC5(CC4)Cn4nccc4[C@H]5N)nc3N)c(Cl)c2n1. The highest BCUT2D eigenvalue weighted by Gasteiger charge is 2.47. The molecule has 1 atom stereocenters. The number of nitrogens with zero attached hydrogens (tertiary/aromatic N) is 7. The van der Waals surface area contributed by atoms with Gasteiger partial charge in [-0.3, -0.25) is 4.68 Å². The molecule has 9 nitrogen and oxygen atoms in total. The van der Waals surface area contributed by atoms with Gasteiger partial charge in [-0.1, -0.05) is 23.4 Å². The maximum absolute atomic E-state index is 6.60. The zero-order valence-corrected chi connectivity index (χ0v) is 19.7. The first kappa shape index (κ1) is 20.8. The van der Waals surface area contributed by atoms with Gasteiger partial charge in [-0.05, 0) is 31.9 Å². The van der Waals surface area contributed by atoms with Crippen LogP contribution in [0.2, 0.25) is 5.02 Å². The van der Waals surface area contributed by atoms with Crippen molar-refractivity contribution in [3.8, 4) is 0 Å². The van der Waals surface area contributed by atoms with Crippen LogP contribution in [0, 0.1) is 12.3 Å². The highest BCUT2D eigenvalue weighted by molar-refractivity contribution is 7.99. The first-order chi connectivity index (χ1) is 15.9. The summed E-state index contributed by atoms with van der Waals surface area (Å²) in [6.07, 6.45) is 9.46. The molecule has 33 heavy (non-hydrogen) atoms. The van der Waals surface area contributed by atoms with E-state index in [1.54, 1.807) is 6.20 Å². The minimum absolute atomic E-state index is 0.0260. The second-order valence-corrected chi connectivity index (χ2v) is 10.3. The molecular weight excluding hydrogens is 458 g/mol. The van der Waals surface area contributed by atoms with E-state index in [1.807, 2.05) is 42.0 Å². The van der Waals surface area contributed by atoms with Crippen LogP contribution in [-0.4, -0.2) is 42.2 Å². The molecule has 0 aliphatic carbocycles. The van der Waals surface area contributed by atoms with Gasteiger partial charge in [0.05, 0.1) is 28.6 Å². The van der Waals surface area contributed by atoms with Crippen LogP contribution in [0.15, 0.2) is 46.8 Å². The van der Waals surface area contributed by atoms with Crippen LogP contribution in [0.4, 0.5) is 11.6 Å². The fourth-order valence-corrected chi connectivity index (χ4v) is 6.11. The third-order valence-corrected chi connectivity index (χ3v) is 8.44.